The van der Waals surface area contributed by atoms with Gasteiger partial charge in [-0.1, -0.05) is 19.1 Å². The number of nitrogens with one attached hydrogen (secondary N) is 1. The molecule has 1 N–H and O–H groups in total. The minimum atomic E-state index is -0.203. The molecule has 1 aromatic heterocycles. The van der Waals surface area contributed by atoms with E-state index >= 15 is 0 Å². The Labute approximate surface area is 133 Å². The van der Waals surface area contributed by atoms with Crippen molar-refractivity contribution in [3.8, 4) is 0 Å². The summed E-state index contributed by atoms with van der Waals surface area (Å²) >= 11 is 3.61. The van der Waals surface area contributed by atoms with Crippen LogP contribution in [0, 0.1) is 12.7 Å². The van der Waals surface area contributed by atoms with Gasteiger partial charge in [0, 0.05) is 19.5 Å². The van der Waals surface area contributed by atoms with Gasteiger partial charge in [-0.3, -0.25) is 4.68 Å². The van der Waals surface area contributed by atoms with E-state index in [1.54, 1.807) is 0 Å². The molecule has 114 valence electrons. The van der Waals surface area contributed by atoms with Crippen LogP contribution in [0.1, 0.15) is 36.3 Å². The summed E-state index contributed by atoms with van der Waals surface area (Å²) in [4.78, 5) is 0. The third-order valence-electron chi connectivity index (χ3n) is 3.57. The maximum Gasteiger partial charge on any atom is 0.123 e. The second kappa shape index (κ2) is 7.18. The topological polar surface area (TPSA) is 29.9 Å². The average Bonchev–Trinajstić information content (AvgIpc) is 2.70. The zero-order valence-electron chi connectivity index (χ0n) is 12.7. The van der Waals surface area contributed by atoms with E-state index in [-0.39, 0.29) is 11.9 Å². The van der Waals surface area contributed by atoms with Crippen LogP contribution in [0.15, 0.2) is 28.7 Å². The molecular weight excluding hydrogens is 333 g/mol. The van der Waals surface area contributed by atoms with E-state index in [0.717, 1.165) is 40.8 Å². The number of rotatable bonds is 6. The van der Waals surface area contributed by atoms with Crippen molar-refractivity contribution in [1.29, 1.82) is 0 Å². The smallest absolute Gasteiger partial charge is 0.123 e. The van der Waals surface area contributed by atoms with E-state index in [2.05, 4.69) is 33.3 Å². The molecule has 2 aromatic rings. The van der Waals surface area contributed by atoms with Crippen LogP contribution in [0.25, 0.3) is 0 Å². The van der Waals surface area contributed by atoms with Crippen LogP contribution in [0.3, 0.4) is 0 Å². The molecule has 1 aromatic carbocycles. The molecule has 0 aliphatic heterocycles. The van der Waals surface area contributed by atoms with E-state index < -0.39 is 0 Å². The highest BCUT2D eigenvalue weighted by Crippen LogP contribution is 2.26. The van der Waals surface area contributed by atoms with Crippen molar-refractivity contribution in [2.24, 2.45) is 7.05 Å². The maximum absolute atomic E-state index is 13.1. The number of hydrogen-bond acceptors (Lipinski definition) is 2. The zero-order chi connectivity index (χ0) is 15.4. The molecule has 0 aliphatic carbocycles. The Kier molecular flexibility index (Phi) is 5.53. The van der Waals surface area contributed by atoms with E-state index in [1.165, 1.54) is 12.1 Å². The first-order valence-corrected chi connectivity index (χ1v) is 7.99. The van der Waals surface area contributed by atoms with Gasteiger partial charge in [0.2, 0.25) is 0 Å². The first kappa shape index (κ1) is 16.2. The zero-order valence-corrected chi connectivity index (χ0v) is 14.2. The normalized spacial score (nSPS) is 12.6. The molecule has 2 rings (SSSR count). The Morgan fingerprint density at radius 3 is 2.52 bits per heavy atom. The molecule has 0 aliphatic rings. The lowest BCUT2D eigenvalue weighted by molar-refractivity contribution is 0.510. The summed E-state index contributed by atoms with van der Waals surface area (Å²) < 4.78 is 16.1. The van der Waals surface area contributed by atoms with Gasteiger partial charge >= 0.3 is 0 Å². The number of hydrogen-bond donors (Lipinski definition) is 1. The van der Waals surface area contributed by atoms with Gasteiger partial charge in [-0.2, -0.15) is 5.10 Å². The third-order valence-corrected chi connectivity index (χ3v) is 4.60. The quantitative estimate of drug-likeness (QED) is 0.852. The highest BCUT2D eigenvalue weighted by Gasteiger charge is 2.18. The molecule has 5 heteroatoms. The lowest BCUT2D eigenvalue weighted by Crippen LogP contribution is -2.25. The molecule has 3 nitrogen and oxygen atoms in total. The first-order valence-electron chi connectivity index (χ1n) is 7.19. The molecule has 0 saturated heterocycles. The molecule has 0 radical (unpaired) electrons. The Bertz CT molecular complexity index is 592. The van der Waals surface area contributed by atoms with Crippen LogP contribution in [0.5, 0.6) is 0 Å². The number of benzene rings is 1. The van der Waals surface area contributed by atoms with Gasteiger partial charge in [-0.25, -0.2) is 4.39 Å². The Morgan fingerprint density at radius 1 is 1.33 bits per heavy atom. The molecule has 1 heterocycles. The van der Waals surface area contributed by atoms with Crippen LogP contribution in [0.4, 0.5) is 4.39 Å². The van der Waals surface area contributed by atoms with Crippen LogP contribution < -0.4 is 5.32 Å². The van der Waals surface area contributed by atoms with Crippen molar-refractivity contribution in [3.05, 3.63) is 51.5 Å². The van der Waals surface area contributed by atoms with Gasteiger partial charge in [0.25, 0.3) is 0 Å². The SMILES string of the molecule is CCCNC(Cc1c(Br)c(C)nn1C)c1ccc(F)cc1. The summed E-state index contributed by atoms with van der Waals surface area (Å²) in [6.45, 7) is 5.05. The number of nitrogens with zero attached hydrogens (tertiary/aromatic N) is 2. The summed E-state index contributed by atoms with van der Waals surface area (Å²) in [6.07, 6.45) is 1.87. The Morgan fingerprint density at radius 2 is 2.00 bits per heavy atom. The Balaban J connectivity index is 2.25. The van der Waals surface area contributed by atoms with Crippen molar-refractivity contribution in [2.75, 3.05) is 6.54 Å². The van der Waals surface area contributed by atoms with E-state index in [1.807, 2.05) is 30.8 Å². The van der Waals surface area contributed by atoms with E-state index in [4.69, 9.17) is 0 Å². The molecular formula is C16H21BrFN3. The second-order valence-electron chi connectivity index (χ2n) is 5.23. The van der Waals surface area contributed by atoms with Gasteiger partial charge in [0.05, 0.1) is 15.9 Å². The van der Waals surface area contributed by atoms with Crippen LogP contribution in [-0.4, -0.2) is 16.3 Å². The summed E-state index contributed by atoms with van der Waals surface area (Å²) in [5, 5.41) is 7.97. The molecule has 21 heavy (non-hydrogen) atoms. The number of halogens is 2. The van der Waals surface area contributed by atoms with Crippen molar-refractivity contribution >= 4 is 15.9 Å². The minimum Gasteiger partial charge on any atom is -0.310 e. The van der Waals surface area contributed by atoms with Crippen molar-refractivity contribution in [2.45, 2.75) is 32.7 Å². The van der Waals surface area contributed by atoms with Crippen LogP contribution in [0.2, 0.25) is 0 Å². The van der Waals surface area contributed by atoms with Crippen molar-refractivity contribution in [3.63, 3.8) is 0 Å². The second-order valence-corrected chi connectivity index (χ2v) is 6.03. The predicted molar refractivity (Wildman–Crippen MR) is 86.8 cm³/mol. The van der Waals surface area contributed by atoms with E-state index in [0.29, 0.717) is 0 Å². The third kappa shape index (κ3) is 3.92. The van der Waals surface area contributed by atoms with Gasteiger partial charge in [-0.05, 0) is 53.5 Å². The minimum absolute atomic E-state index is 0.150. The molecule has 0 spiro atoms. The van der Waals surface area contributed by atoms with Crippen LogP contribution in [-0.2, 0) is 13.5 Å². The molecule has 1 atom stereocenters. The largest absolute Gasteiger partial charge is 0.310 e. The summed E-state index contributed by atoms with van der Waals surface area (Å²) in [6, 6.07) is 6.87. The van der Waals surface area contributed by atoms with E-state index in [9.17, 15) is 4.39 Å². The maximum atomic E-state index is 13.1. The van der Waals surface area contributed by atoms with Crippen molar-refractivity contribution in [1.82, 2.24) is 15.1 Å². The molecule has 0 saturated carbocycles. The molecule has 1 unspecified atom stereocenters. The fourth-order valence-electron chi connectivity index (χ4n) is 2.42. The Hall–Kier alpha value is -1.20. The molecule has 0 amide bonds. The summed E-state index contributed by atoms with van der Waals surface area (Å²) in [7, 11) is 1.95. The molecule has 0 fully saturated rings. The highest BCUT2D eigenvalue weighted by molar-refractivity contribution is 9.10. The van der Waals surface area contributed by atoms with Gasteiger partial charge in [-0.15, -0.1) is 0 Å². The first-order chi connectivity index (χ1) is 10.0. The number of aromatic nitrogens is 2. The monoisotopic (exact) mass is 353 g/mol. The summed E-state index contributed by atoms with van der Waals surface area (Å²) in [5.41, 5.74) is 3.22. The molecule has 0 bridgehead atoms. The highest BCUT2D eigenvalue weighted by atomic mass is 79.9. The van der Waals surface area contributed by atoms with Gasteiger partial charge in [0.15, 0.2) is 0 Å². The number of aryl methyl sites for hydroxylation is 2. The summed E-state index contributed by atoms with van der Waals surface area (Å²) in [5.74, 6) is -0.203. The standard InChI is InChI=1S/C16H21BrFN3/c1-4-9-19-14(12-5-7-13(18)8-6-12)10-15-16(17)11(2)20-21(15)3/h5-8,14,19H,4,9-10H2,1-3H3. The predicted octanol–water partition coefficient (Wildman–Crippen LogP) is 3.91. The van der Waals surface area contributed by atoms with Gasteiger partial charge < -0.3 is 5.32 Å². The fourth-order valence-corrected chi connectivity index (χ4v) is 2.91. The lowest BCUT2D eigenvalue weighted by atomic mass is 10.0. The van der Waals surface area contributed by atoms with Crippen LogP contribution >= 0.6 is 15.9 Å². The van der Waals surface area contributed by atoms with Crippen molar-refractivity contribution < 1.29 is 4.39 Å². The fraction of sp³-hybridized carbons (Fsp3) is 0.438. The average molecular weight is 354 g/mol. The van der Waals surface area contributed by atoms with Gasteiger partial charge in [0.1, 0.15) is 5.82 Å². The lowest BCUT2D eigenvalue weighted by Gasteiger charge is -2.19.